The molecule has 1 amide bonds. The van der Waals surface area contributed by atoms with Crippen LogP contribution < -0.4 is 5.32 Å². The average Bonchev–Trinajstić information content (AvgIpc) is 3.29. The smallest absolute Gasteiger partial charge is 0.341 e. The summed E-state index contributed by atoms with van der Waals surface area (Å²) in [5.74, 6) is -1.61. The molecule has 0 saturated heterocycles. The summed E-state index contributed by atoms with van der Waals surface area (Å²) < 4.78 is 9.83. The van der Waals surface area contributed by atoms with Crippen molar-refractivity contribution in [1.82, 2.24) is 0 Å². The highest BCUT2D eigenvalue weighted by Crippen LogP contribution is 2.45. The summed E-state index contributed by atoms with van der Waals surface area (Å²) >= 11 is 1.34. The molecule has 166 valence electrons. The Morgan fingerprint density at radius 3 is 2.35 bits per heavy atom. The SMILES string of the molecule is COC(=O)c1c(NC(=O)CCc2ccc(C(C)(C)C)cc2)sc2c1C(C(=O)OC)CC2. The zero-order valence-corrected chi connectivity index (χ0v) is 19.5. The third-order valence-electron chi connectivity index (χ3n) is 5.62. The van der Waals surface area contributed by atoms with Crippen molar-refractivity contribution in [3.8, 4) is 0 Å². The molecule has 1 atom stereocenters. The average molecular weight is 444 g/mol. The van der Waals surface area contributed by atoms with Crippen molar-refractivity contribution in [2.45, 2.75) is 57.8 Å². The molecule has 0 spiro atoms. The van der Waals surface area contributed by atoms with E-state index in [9.17, 15) is 14.4 Å². The second kappa shape index (κ2) is 9.22. The van der Waals surface area contributed by atoms with Crippen LogP contribution in [-0.2, 0) is 37.3 Å². The van der Waals surface area contributed by atoms with E-state index in [2.05, 4.69) is 38.2 Å². The lowest BCUT2D eigenvalue weighted by Crippen LogP contribution is -2.18. The maximum Gasteiger partial charge on any atom is 0.341 e. The molecule has 7 heteroatoms. The van der Waals surface area contributed by atoms with E-state index in [4.69, 9.17) is 9.47 Å². The lowest BCUT2D eigenvalue weighted by atomic mass is 9.86. The van der Waals surface area contributed by atoms with E-state index in [1.165, 1.54) is 31.1 Å². The van der Waals surface area contributed by atoms with E-state index in [0.717, 1.165) is 10.4 Å². The monoisotopic (exact) mass is 443 g/mol. The second-order valence-corrected chi connectivity index (χ2v) is 9.85. The lowest BCUT2D eigenvalue weighted by molar-refractivity contribution is -0.142. The minimum atomic E-state index is -0.554. The fraction of sp³-hybridized carbons (Fsp3) is 0.458. The van der Waals surface area contributed by atoms with Gasteiger partial charge in [0.15, 0.2) is 0 Å². The lowest BCUT2D eigenvalue weighted by Gasteiger charge is -2.19. The Morgan fingerprint density at radius 2 is 1.77 bits per heavy atom. The van der Waals surface area contributed by atoms with Crippen molar-refractivity contribution in [1.29, 1.82) is 0 Å². The predicted molar refractivity (Wildman–Crippen MR) is 121 cm³/mol. The number of amides is 1. The molecule has 31 heavy (non-hydrogen) atoms. The van der Waals surface area contributed by atoms with Crippen LogP contribution in [0.4, 0.5) is 5.00 Å². The zero-order chi connectivity index (χ0) is 22.8. The molecule has 1 aromatic heterocycles. The number of hydrogen-bond donors (Lipinski definition) is 1. The van der Waals surface area contributed by atoms with Crippen molar-refractivity contribution in [3.63, 3.8) is 0 Å². The first-order chi connectivity index (χ1) is 14.7. The van der Waals surface area contributed by atoms with Gasteiger partial charge in [0, 0.05) is 11.3 Å². The highest BCUT2D eigenvalue weighted by Gasteiger charge is 2.38. The highest BCUT2D eigenvalue weighted by atomic mass is 32.1. The summed E-state index contributed by atoms with van der Waals surface area (Å²) in [5, 5.41) is 3.31. The summed E-state index contributed by atoms with van der Waals surface area (Å²) in [7, 11) is 2.63. The zero-order valence-electron chi connectivity index (χ0n) is 18.7. The number of hydrogen-bond acceptors (Lipinski definition) is 6. The molecule has 3 rings (SSSR count). The van der Waals surface area contributed by atoms with Crippen LogP contribution in [0.25, 0.3) is 0 Å². The van der Waals surface area contributed by atoms with Gasteiger partial charge in [-0.25, -0.2) is 4.79 Å². The Hall–Kier alpha value is -2.67. The molecule has 1 aliphatic carbocycles. The van der Waals surface area contributed by atoms with Gasteiger partial charge in [-0.3, -0.25) is 9.59 Å². The van der Waals surface area contributed by atoms with Crippen molar-refractivity contribution in [2.24, 2.45) is 0 Å². The van der Waals surface area contributed by atoms with Gasteiger partial charge < -0.3 is 14.8 Å². The van der Waals surface area contributed by atoms with Gasteiger partial charge in [0.05, 0.1) is 25.7 Å². The fourth-order valence-electron chi connectivity index (χ4n) is 3.85. The van der Waals surface area contributed by atoms with Crippen LogP contribution in [0.5, 0.6) is 0 Å². The maximum absolute atomic E-state index is 12.6. The number of anilines is 1. The number of esters is 2. The number of thiophene rings is 1. The Bertz CT molecular complexity index is 985. The Labute approximate surface area is 186 Å². The number of benzene rings is 1. The van der Waals surface area contributed by atoms with E-state index in [0.29, 0.717) is 36.2 Å². The number of aryl methyl sites for hydroxylation is 2. The number of methoxy groups -OCH3 is 2. The third-order valence-corrected chi connectivity index (χ3v) is 6.80. The number of ether oxygens (including phenoxy) is 2. The van der Waals surface area contributed by atoms with Gasteiger partial charge in [-0.1, -0.05) is 45.0 Å². The molecule has 1 aliphatic rings. The molecule has 1 aromatic carbocycles. The first kappa shape index (κ1) is 23.0. The molecule has 0 radical (unpaired) electrons. The van der Waals surface area contributed by atoms with Gasteiger partial charge in [0.2, 0.25) is 5.91 Å². The topological polar surface area (TPSA) is 81.7 Å². The Morgan fingerprint density at radius 1 is 1.10 bits per heavy atom. The molecule has 1 N–H and O–H groups in total. The molecular formula is C24H29NO5S. The minimum absolute atomic E-state index is 0.0851. The van der Waals surface area contributed by atoms with Crippen molar-refractivity contribution < 1.29 is 23.9 Å². The van der Waals surface area contributed by atoms with Crippen LogP contribution in [0.1, 0.15) is 71.5 Å². The van der Waals surface area contributed by atoms with E-state index < -0.39 is 11.9 Å². The van der Waals surface area contributed by atoms with Crippen molar-refractivity contribution in [3.05, 3.63) is 51.4 Å². The molecule has 0 saturated carbocycles. The van der Waals surface area contributed by atoms with Gasteiger partial charge in [-0.15, -0.1) is 11.3 Å². The summed E-state index contributed by atoms with van der Waals surface area (Å²) in [6, 6.07) is 8.29. The fourth-order valence-corrected chi connectivity index (χ4v) is 5.13. The van der Waals surface area contributed by atoms with E-state index in [1.54, 1.807) is 0 Å². The quantitative estimate of drug-likeness (QED) is 0.660. The first-order valence-corrected chi connectivity index (χ1v) is 11.2. The molecule has 0 aliphatic heterocycles. The first-order valence-electron chi connectivity index (χ1n) is 10.4. The number of carbonyl (C=O) groups is 3. The largest absolute Gasteiger partial charge is 0.469 e. The normalized spacial score (nSPS) is 15.3. The van der Waals surface area contributed by atoms with Gasteiger partial charge in [-0.05, 0) is 41.4 Å². The second-order valence-electron chi connectivity index (χ2n) is 8.74. The van der Waals surface area contributed by atoms with Crippen LogP contribution in [0, 0.1) is 0 Å². The van der Waals surface area contributed by atoms with Gasteiger partial charge in [0.1, 0.15) is 5.00 Å². The third kappa shape index (κ3) is 4.98. The predicted octanol–water partition coefficient (Wildman–Crippen LogP) is 4.61. The molecule has 1 heterocycles. The van der Waals surface area contributed by atoms with E-state index >= 15 is 0 Å². The molecule has 1 unspecified atom stereocenters. The standard InChI is InChI=1S/C24H29NO5S/c1-24(2,3)15-9-6-14(7-10-15)8-13-18(26)25-21-20(23(28)30-5)19-16(22(27)29-4)11-12-17(19)31-21/h6-7,9-10,16H,8,11-13H2,1-5H3,(H,25,26). The number of nitrogens with one attached hydrogen (secondary N) is 1. The minimum Gasteiger partial charge on any atom is -0.469 e. The number of fused-ring (bicyclic) bond motifs is 1. The van der Waals surface area contributed by atoms with Gasteiger partial charge in [0.25, 0.3) is 0 Å². The van der Waals surface area contributed by atoms with Crippen LogP contribution >= 0.6 is 11.3 Å². The van der Waals surface area contributed by atoms with Gasteiger partial charge >= 0.3 is 11.9 Å². The summed E-state index contributed by atoms with van der Waals surface area (Å²) in [4.78, 5) is 38.2. The van der Waals surface area contributed by atoms with E-state index in [-0.39, 0.29) is 22.9 Å². The Balaban J connectivity index is 1.73. The Kier molecular flexibility index (Phi) is 6.84. The van der Waals surface area contributed by atoms with E-state index in [1.807, 2.05) is 12.1 Å². The summed E-state index contributed by atoms with van der Waals surface area (Å²) in [6.07, 6.45) is 2.15. The van der Waals surface area contributed by atoms with Crippen molar-refractivity contribution in [2.75, 3.05) is 19.5 Å². The van der Waals surface area contributed by atoms with Crippen LogP contribution in [0.15, 0.2) is 24.3 Å². The molecule has 0 bridgehead atoms. The maximum atomic E-state index is 12.6. The van der Waals surface area contributed by atoms with Crippen LogP contribution in [0.2, 0.25) is 0 Å². The van der Waals surface area contributed by atoms with Gasteiger partial charge in [-0.2, -0.15) is 0 Å². The number of carbonyl (C=O) groups excluding carboxylic acids is 3. The highest BCUT2D eigenvalue weighted by molar-refractivity contribution is 7.17. The molecule has 2 aromatic rings. The van der Waals surface area contributed by atoms with Crippen molar-refractivity contribution >= 4 is 34.2 Å². The number of rotatable bonds is 6. The molecule has 6 nitrogen and oxygen atoms in total. The molecular weight excluding hydrogens is 414 g/mol. The summed E-state index contributed by atoms with van der Waals surface area (Å²) in [5.41, 5.74) is 3.32. The molecule has 0 fully saturated rings. The summed E-state index contributed by atoms with van der Waals surface area (Å²) in [6.45, 7) is 6.49. The van der Waals surface area contributed by atoms with Crippen LogP contribution in [0.3, 0.4) is 0 Å². The van der Waals surface area contributed by atoms with Crippen LogP contribution in [-0.4, -0.2) is 32.1 Å².